The molecular formula is C18H26N6S. The number of aryl methyl sites for hydroxylation is 1. The Morgan fingerprint density at radius 3 is 2.72 bits per heavy atom. The van der Waals surface area contributed by atoms with Gasteiger partial charge in [-0.15, -0.1) is 11.3 Å². The van der Waals surface area contributed by atoms with E-state index in [-0.39, 0.29) is 0 Å². The van der Waals surface area contributed by atoms with Crippen LogP contribution >= 0.6 is 11.3 Å². The quantitative estimate of drug-likeness (QED) is 0.836. The zero-order chi connectivity index (χ0) is 17.8. The molecule has 3 heterocycles. The summed E-state index contributed by atoms with van der Waals surface area (Å²) < 4.78 is 1.76. The third-order valence-corrected chi connectivity index (χ3v) is 5.30. The molecule has 25 heavy (non-hydrogen) atoms. The minimum absolute atomic E-state index is 0.367. The second-order valence-electron chi connectivity index (χ2n) is 6.38. The highest BCUT2D eigenvalue weighted by Crippen LogP contribution is 2.27. The van der Waals surface area contributed by atoms with Crippen molar-refractivity contribution in [1.29, 1.82) is 5.41 Å². The molecule has 0 unspecified atom stereocenters. The molecule has 1 fully saturated rings. The van der Waals surface area contributed by atoms with E-state index in [4.69, 9.17) is 10.4 Å². The Labute approximate surface area is 152 Å². The summed E-state index contributed by atoms with van der Waals surface area (Å²) in [6.07, 6.45) is 3.85. The second kappa shape index (κ2) is 7.93. The Balaban J connectivity index is 2.09. The summed E-state index contributed by atoms with van der Waals surface area (Å²) in [6.45, 7) is 7.92. The van der Waals surface area contributed by atoms with Crippen LogP contribution in [-0.2, 0) is 0 Å². The predicted octanol–water partition coefficient (Wildman–Crippen LogP) is 2.79. The fourth-order valence-corrected chi connectivity index (χ4v) is 3.75. The number of aromatic nitrogens is 2. The van der Waals surface area contributed by atoms with Crippen LogP contribution in [0.1, 0.15) is 25.5 Å². The predicted molar refractivity (Wildman–Crippen MR) is 105 cm³/mol. The third-order valence-electron chi connectivity index (χ3n) is 4.42. The van der Waals surface area contributed by atoms with Gasteiger partial charge in [-0.05, 0) is 31.8 Å². The van der Waals surface area contributed by atoms with Crippen molar-refractivity contribution < 1.29 is 0 Å². The van der Waals surface area contributed by atoms with E-state index >= 15 is 0 Å². The van der Waals surface area contributed by atoms with Gasteiger partial charge in [0, 0.05) is 32.4 Å². The maximum absolute atomic E-state index is 8.74. The van der Waals surface area contributed by atoms with E-state index in [0.29, 0.717) is 5.49 Å². The largest absolute Gasteiger partial charge is 0.351 e. The summed E-state index contributed by atoms with van der Waals surface area (Å²) in [4.78, 5) is 10.4. The zero-order valence-corrected chi connectivity index (χ0v) is 16.0. The lowest BCUT2D eigenvalue weighted by Crippen LogP contribution is -2.47. The highest BCUT2D eigenvalue weighted by Gasteiger charge is 2.21. The molecule has 134 valence electrons. The molecule has 0 amide bonds. The lowest BCUT2D eigenvalue weighted by Gasteiger charge is -2.33. The van der Waals surface area contributed by atoms with Crippen molar-refractivity contribution in [3.05, 3.63) is 28.7 Å². The monoisotopic (exact) mass is 358 g/mol. The average Bonchev–Trinajstić information content (AvgIpc) is 3.12. The van der Waals surface area contributed by atoms with E-state index in [1.165, 1.54) is 0 Å². The van der Waals surface area contributed by atoms with Gasteiger partial charge < -0.3 is 9.80 Å². The summed E-state index contributed by atoms with van der Waals surface area (Å²) >= 11 is 1.66. The number of anilines is 1. The fraction of sp³-hybridized carbons (Fsp3) is 0.500. The first-order valence-electron chi connectivity index (χ1n) is 8.80. The maximum atomic E-state index is 8.74. The van der Waals surface area contributed by atoms with Crippen LogP contribution in [-0.4, -0.2) is 54.0 Å². The van der Waals surface area contributed by atoms with E-state index in [1.54, 1.807) is 16.0 Å². The van der Waals surface area contributed by atoms with Crippen molar-refractivity contribution >= 4 is 23.4 Å². The van der Waals surface area contributed by atoms with Gasteiger partial charge in [0.25, 0.3) is 0 Å². The highest BCUT2D eigenvalue weighted by atomic mass is 32.1. The fourth-order valence-electron chi connectivity index (χ4n) is 2.94. The molecule has 0 atom stereocenters. The van der Waals surface area contributed by atoms with Crippen LogP contribution in [0.3, 0.4) is 0 Å². The van der Waals surface area contributed by atoms with Crippen LogP contribution in [0.4, 0.5) is 5.82 Å². The Morgan fingerprint density at radius 2 is 2.08 bits per heavy atom. The molecule has 1 aliphatic rings. The molecule has 2 aromatic heterocycles. The summed E-state index contributed by atoms with van der Waals surface area (Å²) in [5, 5.41) is 15.4. The molecule has 6 nitrogen and oxygen atoms in total. The summed E-state index contributed by atoms with van der Waals surface area (Å²) in [6, 6.07) is 4.09. The van der Waals surface area contributed by atoms with Gasteiger partial charge in [-0.1, -0.05) is 19.4 Å². The second-order valence-corrected chi connectivity index (χ2v) is 7.33. The number of piperazine rings is 1. The molecule has 0 aromatic carbocycles. The molecular weight excluding hydrogens is 332 g/mol. The third kappa shape index (κ3) is 3.82. The van der Waals surface area contributed by atoms with Gasteiger partial charge in [0.15, 0.2) is 11.3 Å². The molecule has 0 aliphatic carbocycles. The number of hydrogen-bond donors (Lipinski definition) is 1. The van der Waals surface area contributed by atoms with Gasteiger partial charge >= 0.3 is 0 Å². The smallest absolute Gasteiger partial charge is 0.190 e. The number of thiophene rings is 1. The number of unbranched alkanes of at least 4 members (excludes halogenated alkanes) is 1. The average molecular weight is 359 g/mol. The standard InChI is InChI=1S/C18H26N6S/c1-4-5-8-20-24-16(15-7-6-13-25-15)14(2)21-18(17(24)19)23-11-9-22(3)10-12-23/h6-8,13,19H,4-5,9-12H2,1-3H3. The van der Waals surface area contributed by atoms with Crippen molar-refractivity contribution in [2.75, 3.05) is 38.1 Å². The SMILES string of the molecule is CCCC=Nn1c(-c2cccs2)c(C)nc(N2CCN(C)CC2)c1=N. The zero-order valence-electron chi connectivity index (χ0n) is 15.2. The van der Waals surface area contributed by atoms with Crippen LogP contribution in [0.25, 0.3) is 10.6 Å². The first kappa shape index (κ1) is 17.8. The van der Waals surface area contributed by atoms with E-state index in [1.807, 2.05) is 24.6 Å². The summed E-state index contributed by atoms with van der Waals surface area (Å²) in [5.74, 6) is 0.736. The van der Waals surface area contributed by atoms with Crippen LogP contribution < -0.4 is 10.4 Å². The molecule has 3 rings (SSSR count). The van der Waals surface area contributed by atoms with Crippen molar-refractivity contribution in [1.82, 2.24) is 14.6 Å². The molecule has 7 heteroatoms. The lowest BCUT2D eigenvalue weighted by atomic mass is 10.2. The minimum atomic E-state index is 0.367. The van der Waals surface area contributed by atoms with Gasteiger partial charge in [0.1, 0.15) is 5.69 Å². The highest BCUT2D eigenvalue weighted by molar-refractivity contribution is 7.13. The van der Waals surface area contributed by atoms with Crippen molar-refractivity contribution in [2.45, 2.75) is 26.7 Å². The molecule has 0 spiro atoms. The number of nitrogens with zero attached hydrogens (tertiary/aromatic N) is 5. The van der Waals surface area contributed by atoms with Crippen LogP contribution in [0, 0.1) is 12.3 Å². The minimum Gasteiger partial charge on any atom is -0.351 e. The van der Waals surface area contributed by atoms with Gasteiger partial charge in [-0.2, -0.15) is 5.10 Å². The van der Waals surface area contributed by atoms with Crippen LogP contribution in [0.5, 0.6) is 0 Å². The Morgan fingerprint density at radius 1 is 1.32 bits per heavy atom. The van der Waals surface area contributed by atoms with Gasteiger partial charge in [0.2, 0.25) is 0 Å². The molecule has 0 radical (unpaired) electrons. The first-order valence-corrected chi connectivity index (χ1v) is 9.68. The van der Waals surface area contributed by atoms with E-state index in [2.05, 4.69) is 34.9 Å². The lowest BCUT2D eigenvalue weighted by molar-refractivity contribution is 0.311. The van der Waals surface area contributed by atoms with E-state index in [0.717, 1.165) is 61.1 Å². The van der Waals surface area contributed by atoms with Crippen molar-refractivity contribution in [3.8, 4) is 10.6 Å². The summed E-state index contributed by atoms with van der Waals surface area (Å²) in [7, 11) is 2.13. The van der Waals surface area contributed by atoms with Crippen LogP contribution in [0.15, 0.2) is 22.6 Å². The molecule has 2 aromatic rings. The summed E-state index contributed by atoms with van der Waals surface area (Å²) in [5.41, 5.74) is 2.21. The van der Waals surface area contributed by atoms with Crippen molar-refractivity contribution in [3.63, 3.8) is 0 Å². The van der Waals surface area contributed by atoms with Gasteiger partial charge in [0.05, 0.1) is 10.6 Å². The first-order chi connectivity index (χ1) is 12.1. The molecule has 0 bridgehead atoms. The topological polar surface area (TPSA) is 60.5 Å². The number of rotatable bonds is 5. The van der Waals surface area contributed by atoms with E-state index < -0.39 is 0 Å². The molecule has 1 aliphatic heterocycles. The number of hydrogen-bond acceptors (Lipinski definition) is 6. The number of likely N-dealkylation sites (N-methyl/N-ethyl adjacent to an activating group) is 1. The Bertz CT molecular complexity index is 785. The van der Waals surface area contributed by atoms with E-state index in [9.17, 15) is 0 Å². The normalized spacial score (nSPS) is 16.0. The molecule has 1 saturated heterocycles. The maximum Gasteiger partial charge on any atom is 0.190 e. The van der Waals surface area contributed by atoms with Gasteiger partial charge in [-0.3, -0.25) is 5.41 Å². The van der Waals surface area contributed by atoms with Crippen LogP contribution in [0.2, 0.25) is 0 Å². The Kier molecular flexibility index (Phi) is 5.65. The van der Waals surface area contributed by atoms with Gasteiger partial charge in [-0.25, -0.2) is 9.66 Å². The molecule has 0 saturated carbocycles. The number of nitrogens with one attached hydrogen (secondary N) is 1. The van der Waals surface area contributed by atoms with Crippen molar-refractivity contribution in [2.24, 2.45) is 5.10 Å². The Hall–Kier alpha value is -1.99. The molecule has 1 N–H and O–H groups in total.